The Labute approximate surface area is 201 Å². The Morgan fingerprint density at radius 1 is 1.15 bits per heavy atom. The zero-order valence-electron chi connectivity index (χ0n) is 20.2. The molecule has 6 nitrogen and oxygen atoms in total. The van der Waals surface area contributed by atoms with Gasteiger partial charge in [-0.25, -0.2) is 9.97 Å². The Bertz CT molecular complexity index is 1100. The molecule has 0 atom stereocenters. The number of piperidine rings is 1. The van der Waals surface area contributed by atoms with E-state index in [-0.39, 0.29) is 11.8 Å². The molecule has 0 spiro atoms. The minimum Gasteiger partial charge on any atom is -0.356 e. The van der Waals surface area contributed by atoms with Gasteiger partial charge in [-0.2, -0.15) is 0 Å². The summed E-state index contributed by atoms with van der Waals surface area (Å²) in [5, 5.41) is 4.35. The van der Waals surface area contributed by atoms with Gasteiger partial charge in [0.1, 0.15) is 17.0 Å². The van der Waals surface area contributed by atoms with Gasteiger partial charge in [0.15, 0.2) is 0 Å². The van der Waals surface area contributed by atoms with Crippen molar-refractivity contribution in [3.05, 3.63) is 52.2 Å². The first kappa shape index (κ1) is 23.6. The van der Waals surface area contributed by atoms with Gasteiger partial charge in [0, 0.05) is 37.0 Å². The van der Waals surface area contributed by atoms with Gasteiger partial charge in [0.25, 0.3) is 0 Å². The number of thiophene rings is 1. The van der Waals surface area contributed by atoms with Gasteiger partial charge in [0.05, 0.1) is 5.39 Å². The first-order chi connectivity index (χ1) is 16.0. The number of aryl methyl sites for hydroxylation is 2. The lowest BCUT2D eigenvalue weighted by Crippen LogP contribution is -2.40. The monoisotopic (exact) mass is 465 g/mol. The lowest BCUT2D eigenvalue weighted by Gasteiger charge is -2.32. The van der Waals surface area contributed by atoms with E-state index in [0.717, 1.165) is 61.8 Å². The summed E-state index contributed by atoms with van der Waals surface area (Å²) in [5.41, 5.74) is 3.74. The second-order valence-electron chi connectivity index (χ2n) is 8.92. The largest absolute Gasteiger partial charge is 0.356 e. The van der Waals surface area contributed by atoms with Crippen LogP contribution < -0.4 is 10.2 Å². The number of aromatic nitrogens is 2. The highest BCUT2D eigenvalue weighted by atomic mass is 32.1. The van der Waals surface area contributed by atoms with Crippen molar-refractivity contribution in [2.75, 3.05) is 31.1 Å². The molecular weight excluding hydrogens is 430 g/mol. The molecule has 3 heterocycles. The Kier molecular flexibility index (Phi) is 7.60. The van der Waals surface area contributed by atoms with Crippen molar-refractivity contribution in [2.45, 2.75) is 53.6 Å². The van der Waals surface area contributed by atoms with Crippen molar-refractivity contribution in [3.8, 4) is 0 Å². The third-order valence-electron chi connectivity index (χ3n) is 6.87. The second-order valence-corrected chi connectivity index (χ2v) is 10.1. The van der Waals surface area contributed by atoms with Crippen LogP contribution in [-0.2, 0) is 17.9 Å². The number of nitrogens with one attached hydrogen (secondary N) is 1. The molecule has 33 heavy (non-hydrogen) atoms. The summed E-state index contributed by atoms with van der Waals surface area (Å²) in [6, 6.07) is 8.57. The standard InChI is InChI=1S/C26H35N5OS/c1-5-30(6-2)16-21-9-7-8-20(14-21)15-27-25(32)22-10-12-31(13-11-22)24-23-18(3)19(4)33-26(23)29-17-28-24/h7-9,14,17,22H,5-6,10-13,15-16H2,1-4H3,(H,27,32). The van der Waals surface area contributed by atoms with Gasteiger partial charge in [-0.15, -0.1) is 11.3 Å². The number of carbonyl (C=O) groups excluding carboxylic acids is 1. The second kappa shape index (κ2) is 10.6. The highest BCUT2D eigenvalue weighted by Gasteiger charge is 2.27. The normalized spacial score (nSPS) is 14.9. The highest BCUT2D eigenvalue weighted by molar-refractivity contribution is 7.18. The van der Waals surface area contributed by atoms with Crippen LogP contribution in [-0.4, -0.2) is 47.0 Å². The lowest BCUT2D eigenvalue weighted by atomic mass is 9.95. The van der Waals surface area contributed by atoms with E-state index in [9.17, 15) is 4.79 Å². The van der Waals surface area contributed by atoms with E-state index in [0.29, 0.717) is 6.54 Å². The van der Waals surface area contributed by atoms with Crippen molar-refractivity contribution < 1.29 is 4.79 Å². The van der Waals surface area contributed by atoms with Crippen LogP contribution in [0.3, 0.4) is 0 Å². The van der Waals surface area contributed by atoms with Crippen molar-refractivity contribution in [3.63, 3.8) is 0 Å². The highest BCUT2D eigenvalue weighted by Crippen LogP contribution is 2.35. The fraction of sp³-hybridized carbons (Fsp3) is 0.500. The topological polar surface area (TPSA) is 61.4 Å². The van der Waals surface area contributed by atoms with E-state index in [2.05, 4.69) is 77.0 Å². The molecule has 1 aliphatic heterocycles. The molecule has 0 aliphatic carbocycles. The predicted molar refractivity (Wildman–Crippen MR) is 137 cm³/mol. The number of benzene rings is 1. The number of hydrogen-bond acceptors (Lipinski definition) is 6. The first-order valence-corrected chi connectivity index (χ1v) is 12.8. The van der Waals surface area contributed by atoms with Crippen LogP contribution in [0.25, 0.3) is 10.2 Å². The third kappa shape index (κ3) is 5.36. The molecule has 1 saturated heterocycles. The van der Waals surface area contributed by atoms with Gasteiger partial charge in [-0.1, -0.05) is 38.1 Å². The minimum absolute atomic E-state index is 0.0581. The van der Waals surface area contributed by atoms with Gasteiger partial charge in [0.2, 0.25) is 5.91 Å². The molecule has 1 aromatic carbocycles. The molecule has 3 aromatic rings. The van der Waals surface area contributed by atoms with Gasteiger partial charge < -0.3 is 10.2 Å². The lowest BCUT2D eigenvalue weighted by molar-refractivity contribution is -0.125. The molecule has 176 valence electrons. The average Bonchev–Trinajstić information content (AvgIpc) is 3.14. The molecule has 2 aromatic heterocycles. The van der Waals surface area contributed by atoms with Gasteiger partial charge in [-0.3, -0.25) is 9.69 Å². The van der Waals surface area contributed by atoms with Gasteiger partial charge >= 0.3 is 0 Å². The van der Waals surface area contributed by atoms with E-state index in [4.69, 9.17) is 0 Å². The van der Waals surface area contributed by atoms with Crippen LogP contribution in [0.1, 0.15) is 48.3 Å². The maximum Gasteiger partial charge on any atom is 0.223 e. The summed E-state index contributed by atoms with van der Waals surface area (Å²) in [4.78, 5) is 29.0. The molecule has 7 heteroatoms. The van der Waals surface area contributed by atoms with E-state index in [1.165, 1.54) is 21.4 Å². The van der Waals surface area contributed by atoms with Crippen LogP contribution in [0.2, 0.25) is 0 Å². The molecule has 0 unspecified atom stereocenters. The zero-order chi connectivity index (χ0) is 23.4. The van der Waals surface area contributed by atoms with Crippen LogP contribution in [0.4, 0.5) is 5.82 Å². The first-order valence-electron chi connectivity index (χ1n) is 12.0. The fourth-order valence-corrected chi connectivity index (χ4v) is 5.63. The van der Waals surface area contributed by atoms with Gasteiger partial charge in [-0.05, 0) is 56.5 Å². The Morgan fingerprint density at radius 2 is 1.88 bits per heavy atom. The number of fused-ring (bicyclic) bond motifs is 1. The predicted octanol–water partition coefficient (Wildman–Crippen LogP) is 4.68. The minimum atomic E-state index is 0.0581. The summed E-state index contributed by atoms with van der Waals surface area (Å²) in [6.07, 6.45) is 3.36. The number of rotatable bonds is 8. The number of nitrogens with zero attached hydrogens (tertiary/aromatic N) is 4. The van der Waals surface area contributed by atoms with Crippen LogP contribution in [0.5, 0.6) is 0 Å². The molecule has 4 rings (SSSR count). The van der Waals surface area contributed by atoms with E-state index >= 15 is 0 Å². The Hall–Kier alpha value is -2.51. The molecule has 0 saturated carbocycles. The smallest absolute Gasteiger partial charge is 0.223 e. The van der Waals surface area contributed by atoms with Crippen LogP contribution in [0.15, 0.2) is 30.6 Å². The maximum atomic E-state index is 12.9. The molecule has 1 N–H and O–H groups in total. The number of amides is 1. The quantitative estimate of drug-likeness (QED) is 0.523. The van der Waals surface area contributed by atoms with E-state index in [1.54, 1.807) is 17.7 Å². The summed E-state index contributed by atoms with van der Waals surface area (Å²) >= 11 is 1.73. The molecule has 1 fully saturated rings. The van der Waals surface area contributed by atoms with Crippen molar-refractivity contribution in [2.24, 2.45) is 5.92 Å². The summed E-state index contributed by atoms with van der Waals surface area (Å²) in [6.45, 7) is 14.0. The Morgan fingerprint density at radius 3 is 2.61 bits per heavy atom. The Balaban J connectivity index is 1.32. The molecule has 1 aliphatic rings. The van der Waals surface area contributed by atoms with E-state index in [1.807, 2.05) is 0 Å². The summed E-state index contributed by atoms with van der Waals surface area (Å²) < 4.78 is 0. The van der Waals surface area contributed by atoms with Crippen molar-refractivity contribution >= 4 is 33.3 Å². The molecule has 0 radical (unpaired) electrons. The van der Waals surface area contributed by atoms with Crippen LogP contribution in [0, 0.1) is 19.8 Å². The van der Waals surface area contributed by atoms with Crippen molar-refractivity contribution in [1.29, 1.82) is 0 Å². The number of hydrogen-bond donors (Lipinski definition) is 1. The SMILES string of the molecule is CCN(CC)Cc1cccc(CNC(=O)C2CCN(c3ncnc4sc(C)c(C)c34)CC2)c1. The summed E-state index contributed by atoms with van der Waals surface area (Å²) in [7, 11) is 0. The number of carbonyl (C=O) groups is 1. The van der Waals surface area contributed by atoms with Crippen molar-refractivity contribution in [1.82, 2.24) is 20.2 Å². The maximum absolute atomic E-state index is 12.9. The molecular formula is C26H35N5OS. The average molecular weight is 466 g/mol. The fourth-order valence-electron chi connectivity index (χ4n) is 4.63. The zero-order valence-corrected chi connectivity index (χ0v) is 21.0. The molecule has 1 amide bonds. The number of anilines is 1. The summed E-state index contributed by atoms with van der Waals surface area (Å²) in [5.74, 6) is 1.24. The molecule has 0 bridgehead atoms. The third-order valence-corrected chi connectivity index (χ3v) is 7.98. The van der Waals surface area contributed by atoms with Crippen LogP contribution >= 0.6 is 11.3 Å². The van der Waals surface area contributed by atoms with E-state index < -0.39 is 0 Å².